The number of ketones is 1. The number of likely N-dealkylation sites (tertiary alicyclic amines) is 1. The molecule has 1 aliphatic heterocycles. The molecule has 0 N–H and O–H groups in total. The van der Waals surface area contributed by atoms with E-state index in [9.17, 15) is 9.59 Å². The number of amides is 1. The molecule has 0 aromatic heterocycles. The van der Waals surface area contributed by atoms with Gasteiger partial charge in [-0.15, -0.1) is 0 Å². The van der Waals surface area contributed by atoms with Gasteiger partial charge in [0.15, 0.2) is 5.78 Å². The minimum atomic E-state index is -0.535. The summed E-state index contributed by atoms with van der Waals surface area (Å²) in [6.45, 7) is 4.90. The molecule has 2 atom stereocenters. The van der Waals surface area contributed by atoms with Crippen LogP contribution in [0, 0.1) is 28.6 Å². The Hall–Kier alpha value is -1.83. The van der Waals surface area contributed by atoms with Gasteiger partial charge in [-0.05, 0) is 12.3 Å². The molecule has 0 bridgehead atoms. The van der Waals surface area contributed by atoms with Gasteiger partial charge in [-0.25, -0.2) is 4.79 Å². The highest BCUT2D eigenvalue weighted by Gasteiger charge is 2.48. The lowest BCUT2D eigenvalue weighted by atomic mass is 9.61. The van der Waals surface area contributed by atoms with Crippen molar-refractivity contribution in [3.63, 3.8) is 0 Å². The van der Waals surface area contributed by atoms with E-state index in [1.807, 2.05) is 19.9 Å². The first-order valence-corrected chi connectivity index (χ1v) is 6.41. The number of carbonyl (C=O) groups is 2. The maximum absolute atomic E-state index is 12.2. The van der Waals surface area contributed by atoms with Gasteiger partial charge in [0.2, 0.25) is 0 Å². The molecule has 2 aliphatic rings. The zero-order valence-electron chi connectivity index (χ0n) is 11.5. The Morgan fingerprint density at radius 3 is 2.84 bits per heavy atom. The lowest BCUT2D eigenvalue weighted by molar-refractivity contribution is -0.128. The molecule has 1 fully saturated rings. The highest BCUT2D eigenvalue weighted by molar-refractivity contribution is 6.03. The molecule has 0 aromatic rings. The van der Waals surface area contributed by atoms with Gasteiger partial charge < -0.3 is 9.64 Å². The van der Waals surface area contributed by atoms with E-state index in [0.717, 1.165) is 6.42 Å². The molecule has 0 spiro atoms. The first-order chi connectivity index (χ1) is 8.91. The molecule has 1 heterocycles. The normalized spacial score (nSPS) is 29.1. The number of fused-ring (bicyclic) bond motifs is 1. The van der Waals surface area contributed by atoms with Crippen LogP contribution in [0.4, 0.5) is 4.79 Å². The summed E-state index contributed by atoms with van der Waals surface area (Å²) in [6, 6.07) is 1.98. The van der Waals surface area contributed by atoms with Crippen LogP contribution in [0.2, 0.25) is 0 Å². The molecule has 0 radical (unpaired) electrons. The number of rotatable bonds is 0. The Morgan fingerprint density at radius 1 is 1.58 bits per heavy atom. The third kappa shape index (κ3) is 2.12. The average molecular weight is 262 g/mol. The molecule has 1 saturated heterocycles. The van der Waals surface area contributed by atoms with E-state index in [1.165, 1.54) is 7.11 Å². The average Bonchev–Trinajstić information content (AvgIpc) is 2.41. The van der Waals surface area contributed by atoms with Gasteiger partial charge >= 0.3 is 6.09 Å². The van der Waals surface area contributed by atoms with Gasteiger partial charge in [-0.2, -0.15) is 5.26 Å². The Kier molecular flexibility index (Phi) is 3.36. The highest BCUT2D eigenvalue weighted by atomic mass is 16.5. The van der Waals surface area contributed by atoms with Crippen LogP contribution in [0.1, 0.15) is 20.3 Å². The summed E-state index contributed by atoms with van der Waals surface area (Å²) in [5.41, 5.74) is -0.315. The summed E-state index contributed by atoms with van der Waals surface area (Å²) in [5, 5.41) is 9.06. The maximum atomic E-state index is 12.2. The van der Waals surface area contributed by atoms with E-state index in [-0.39, 0.29) is 29.3 Å². The summed E-state index contributed by atoms with van der Waals surface area (Å²) < 4.78 is 4.73. The molecule has 2 rings (SSSR count). The third-order valence-electron chi connectivity index (χ3n) is 4.35. The van der Waals surface area contributed by atoms with Gasteiger partial charge in [0, 0.05) is 24.4 Å². The zero-order valence-corrected chi connectivity index (χ0v) is 11.5. The number of methoxy groups -OCH3 is 1. The van der Waals surface area contributed by atoms with Crippen molar-refractivity contribution in [2.75, 3.05) is 20.2 Å². The van der Waals surface area contributed by atoms with Gasteiger partial charge in [-0.1, -0.05) is 19.9 Å². The van der Waals surface area contributed by atoms with Gasteiger partial charge in [0.25, 0.3) is 0 Å². The molecule has 1 amide bonds. The van der Waals surface area contributed by atoms with Crippen LogP contribution in [-0.4, -0.2) is 37.0 Å². The van der Waals surface area contributed by atoms with Crippen molar-refractivity contribution >= 4 is 11.9 Å². The van der Waals surface area contributed by atoms with Crippen LogP contribution in [0.5, 0.6) is 0 Å². The number of allylic oxidation sites excluding steroid dienone is 1. The first-order valence-electron chi connectivity index (χ1n) is 6.41. The van der Waals surface area contributed by atoms with Crippen molar-refractivity contribution in [3.05, 3.63) is 11.6 Å². The predicted molar refractivity (Wildman–Crippen MR) is 68.1 cm³/mol. The summed E-state index contributed by atoms with van der Waals surface area (Å²) in [5.74, 6) is 0.149. The molecular formula is C14H18N2O3. The van der Waals surface area contributed by atoms with E-state index in [4.69, 9.17) is 10.00 Å². The number of hydrogen-bond acceptors (Lipinski definition) is 4. The molecule has 102 valence electrons. The second-order valence-electron chi connectivity index (χ2n) is 5.72. The Morgan fingerprint density at radius 2 is 2.26 bits per heavy atom. The van der Waals surface area contributed by atoms with E-state index >= 15 is 0 Å². The molecule has 2 unspecified atom stereocenters. The second-order valence-corrected chi connectivity index (χ2v) is 5.72. The number of nitriles is 1. The fourth-order valence-corrected chi connectivity index (χ4v) is 3.24. The summed E-state index contributed by atoms with van der Waals surface area (Å²) in [6.07, 6.45) is 2.14. The molecule has 1 aliphatic carbocycles. The van der Waals surface area contributed by atoms with Crippen molar-refractivity contribution < 1.29 is 14.3 Å². The number of ether oxygens (including phenoxy) is 1. The van der Waals surface area contributed by atoms with Crippen molar-refractivity contribution in [1.82, 2.24) is 4.90 Å². The number of carbonyl (C=O) groups excluding carboxylic acids is 2. The quantitative estimate of drug-likeness (QED) is 0.666. The van der Waals surface area contributed by atoms with Gasteiger partial charge in [0.05, 0.1) is 12.7 Å². The first kappa shape index (κ1) is 13.6. The fourth-order valence-electron chi connectivity index (χ4n) is 3.24. The summed E-state index contributed by atoms with van der Waals surface area (Å²) in [4.78, 5) is 25.4. The van der Waals surface area contributed by atoms with Crippen LogP contribution in [0.3, 0.4) is 0 Å². The van der Waals surface area contributed by atoms with Crippen molar-refractivity contribution in [2.24, 2.45) is 17.3 Å². The fraction of sp³-hybridized carbons (Fsp3) is 0.643. The predicted octanol–water partition coefficient (Wildman–Crippen LogP) is 1.75. The molecule has 5 heteroatoms. The van der Waals surface area contributed by atoms with Crippen LogP contribution in [0.15, 0.2) is 11.6 Å². The number of nitrogens with zero attached hydrogens (tertiary/aromatic N) is 2. The van der Waals surface area contributed by atoms with Crippen LogP contribution in [0.25, 0.3) is 0 Å². The molecule has 19 heavy (non-hydrogen) atoms. The van der Waals surface area contributed by atoms with Crippen molar-refractivity contribution in [3.8, 4) is 6.07 Å². The van der Waals surface area contributed by atoms with Crippen LogP contribution < -0.4 is 0 Å². The SMILES string of the molecule is COC(=O)N1CCC2C(C=C(C#N)C(=O)C2(C)C)C1. The minimum absolute atomic E-state index is 0.0511. The molecule has 5 nitrogen and oxygen atoms in total. The molecular weight excluding hydrogens is 244 g/mol. The summed E-state index contributed by atoms with van der Waals surface area (Å²) >= 11 is 0. The lowest BCUT2D eigenvalue weighted by Gasteiger charge is -2.46. The highest BCUT2D eigenvalue weighted by Crippen LogP contribution is 2.45. The topological polar surface area (TPSA) is 70.4 Å². The number of piperidine rings is 1. The van der Waals surface area contributed by atoms with Crippen molar-refractivity contribution in [1.29, 1.82) is 5.26 Å². The third-order valence-corrected chi connectivity index (χ3v) is 4.35. The Bertz CT molecular complexity index is 487. The minimum Gasteiger partial charge on any atom is -0.453 e. The summed E-state index contributed by atoms with van der Waals surface area (Å²) in [7, 11) is 1.36. The number of hydrogen-bond donors (Lipinski definition) is 0. The van der Waals surface area contributed by atoms with E-state index in [2.05, 4.69) is 0 Å². The van der Waals surface area contributed by atoms with E-state index in [1.54, 1.807) is 11.0 Å². The van der Waals surface area contributed by atoms with Gasteiger partial charge in [-0.3, -0.25) is 4.79 Å². The van der Waals surface area contributed by atoms with E-state index < -0.39 is 5.41 Å². The van der Waals surface area contributed by atoms with Gasteiger partial charge in [0.1, 0.15) is 6.07 Å². The Balaban J connectivity index is 2.29. The molecule has 0 aromatic carbocycles. The molecule has 0 saturated carbocycles. The second kappa shape index (κ2) is 4.69. The maximum Gasteiger partial charge on any atom is 0.409 e. The largest absolute Gasteiger partial charge is 0.453 e. The monoisotopic (exact) mass is 262 g/mol. The lowest BCUT2D eigenvalue weighted by Crippen LogP contribution is -2.51. The smallest absolute Gasteiger partial charge is 0.409 e. The van der Waals surface area contributed by atoms with Crippen LogP contribution >= 0.6 is 0 Å². The Labute approximate surface area is 112 Å². The number of Topliss-reactive ketones (excluding diaryl/α,β-unsaturated/α-hetero) is 1. The van der Waals surface area contributed by atoms with E-state index in [0.29, 0.717) is 13.1 Å². The van der Waals surface area contributed by atoms with Crippen LogP contribution in [-0.2, 0) is 9.53 Å². The van der Waals surface area contributed by atoms with Crippen molar-refractivity contribution in [2.45, 2.75) is 20.3 Å². The standard InChI is InChI=1S/C14H18N2O3/c1-14(2)11-4-5-16(13(18)19-3)8-10(11)6-9(7-15)12(14)17/h6,10-11H,4-5,8H2,1-3H3. The zero-order chi connectivity index (χ0) is 14.2.